The van der Waals surface area contributed by atoms with Gasteiger partial charge in [-0.05, 0) is 36.8 Å². The smallest absolute Gasteiger partial charge is 0.128 e. The fraction of sp³-hybridized carbons (Fsp3) is 0.118. The number of hydrogen-bond acceptors (Lipinski definition) is 2. The number of anilines is 1. The first-order valence-electron chi connectivity index (χ1n) is 6.81. The zero-order valence-electron chi connectivity index (χ0n) is 11.8. The van der Waals surface area contributed by atoms with Crippen LogP contribution in [0.4, 0.5) is 10.1 Å². The molecular weight excluding hydrogens is 265 g/mol. The lowest BCUT2D eigenvalue weighted by Crippen LogP contribution is -1.99. The van der Waals surface area contributed by atoms with Crippen LogP contribution in [-0.2, 0) is 6.54 Å². The number of nitrogens with zero attached hydrogens (tertiary/aromatic N) is 2. The molecule has 0 spiro atoms. The van der Waals surface area contributed by atoms with E-state index in [0.717, 1.165) is 16.9 Å². The van der Waals surface area contributed by atoms with Crippen molar-refractivity contribution in [3.05, 3.63) is 77.9 Å². The van der Waals surface area contributed by atoms with Crippen molar-refractivity contribution in [1.29, 1.82) is 0 Å². The minimum Gasteiger partial charge on any atom is -0.381 e. The average molecular weight is 281 g/mol. The van der Waals surface area contributed by atoms with E-state index in [9.17, 15) is 4.39 Å². The van der Waals surface area contributed by atoms with Gasteiger partial charge in [0.25, 0.3) is 0 Å². The highest BCUT2D eigenvalue weighted by molar-refractivity contribution is 5.45. The molecule has 0 bridgehead atoms. The van der Waals surface area contributed by atoms with Gasteiger partial charge >= 0.3 is 0 Å². The van der Waals surface area contributed by atoms with Crippen molar-refractivity contribution in [2.24, 2.45) is 0 Å². The number of benzene rings is 2. The maximum absolute atomic E-state index is 13.5. The minimum atomic E-state index is -0.194. The Morgan fingerprint density at radius 3 is 2.71 bits per heavy atom. The summed E-state index contributed by atoms with van der Waals surface area (Å²) in [7, 11) is 0. The fourth-order valence-electron chi connectivity index (χ4n) is 2.08. The molecule has 0 aliphatic rings. The van der Waals surface area contributed by atoms with E-state index in [1.807, 2.05) is 53.5 Å². The first-order chi connectivity index (χ1) is 10.2. The first-order valence-corrected chi connectivity index (χ1v) is 6.81. The zero-order valence-corrected chi connectivity index (χ0v) is 11.8. The van der Waals surface area contributed by atoms with E-state index in [-0.39, 0.29) is 5.82 Å². The molecule has 106 valence electrons. The Kier molecular flexibility index (Phi) is 3.69. The van der Waals surface area contributed by atoms with Crippen LogP contribution < -0.4 is 5.32 Å². The zero-order chi connectivity index (χ0) is 14.7. The number of para-hydroxylation sites is 1. The highest BCUT2D eigenvalue weighted by Gasteiger charge is 2.02. The Morgan fingerprint density at radius 2 is 1.95 bits per heavy atom. The van der Waals surface area contributed by atoms with E-state index in [4.69, 9.17) is 0 Å². The van der Waals surface area contributed by atoms with Gasteiger partial charge in [-0.15, -0.1) is 0 Å². The van der Waals surface area contributed by atoms with Gasteiger partial charge in [-0.3, -0.25) is 0 Å². The monoisotopic (exact) mass is 281 g/mol. The quantitative estimate of drug-likeness (QED) is 0.785. The van der Waals surface area contributed by atoms with Crippen LogP contribution in [0.5, 0.6) is 0 Å². The van der Waals surface area contributed by atoms with Crippen molar-refractivity contribution in [2.45, 2.75) is 13.5 Å². The molecule has 0 aliphatic carbocycles. The lowest BCUT2D eigenvalue weighted by atomic mass is 10.2. The third-order valence-electron chi connectivity index (χ3n) is 3.33. The van der Waals surface area contributed by atoms with Gasteiger partial charge in [-0.1, -0.05) is 24.3 Å². The molecule has 0 saturated carbocycles. The molecule has 21 heavy (non-hydrogen) atoms. The lowest BCUT2D eigenvalue weighted by Gasteiger charge is -2.06. The molecule has 0 unspecified atom stereocenters. The molecule has 0 amide bonds. The van der Waals surface area contributed by atoms with Gasteiger partial charge in [0, 0.05) is 24.0 Å². The molecule has 4 heteroatoms. The van der Waals surface area contributed by atoms with E-state index >= 15 is 0 Å². The third-order valence-corrected chi connectivity index (χ3v) is 3.33. The number of aromatic nitrogens is 2. The molecule has 3 rings (SSSR count). The predicted octanol–water partition coefficient (Wildman–Crippen LogP) is 3.93. The summed E-state index contributed by atoms with van der Waals surface area (Å²) in [6.45, 7) is 2.36. The van der Waals surface area contributed by atoms with Gasteiger partial charge in [0.1, 0.15) is 5.82 Å². The fourth-order valence-corrected chi connectivity index (χ4v) is 2.08. The summed E-state index contributed by atoms with van der Waals surface area (Å²) in [5.41, 5.74) is 3.48. The Hall–Kier alpha value is -2.62. The summed E-state index contributed by atoms with van der Waals surface area (Å²) in [5.74, 6) is -0.194. The maximum atomic E-state index is 13.5. The molecular formula is C17H16FN3. The molecule has 0 saturated heterocycles. The van der Waals surface area contributed by atoms with Gasteiger partial charge in [0.15, 0.2) is 0 Å². The Bertz CT molecular complexity index is 735. The molecule has 1 heterocycles. The Balaban J connectivity index is 1.69. The highest BCUT2D eigenvalue weighted by atomic mass is 19.1. The summed E-state index contributed by atoms with van der Waals surface area (Å²) in [6.07, 6.45) is 3.78. The average Bonchev–Trinajstić information content (AvgIpc) is 2.98. The van der Waals surface area contributed by atoms with E-state index in [1.54, 1.807) is 13.0 Å². The number of halogens is 1. The maximum Gasteiger partial charge on any atom is 0.128 e. The SMILES string of the molecule is Cc1ccc(NCc2cnn(-c3ccccc3)c2)cc1F. The van der Waals surface area contributed by atoms with Crippen LogP contribution in [0.25, 0.3) is 5.69 Å². The standard InChI is InChI=1S/C17H16FN3/c1-13-7-8-15(9-17(13)18)19-10-14-11-20-21(12-14)16-5-3-2-4-6-16/h2-9,11-12,19H,10H2,1H3. The second-order valence-corrected chi connectivity index (χ2v) is 4.95. The molecule has 1 aromatic heterocycles. The van der Waals surface area contributed by atoms with Crippen LogP contribution in [-0.4, -0.2) is 9.78 Å². The Labute approximate surface area is 123 Å². The second kappa shape index (κ2) is 5.79. The number of aryl methyl sites for hydroxylation is 1. The van der Waals surface area contributed by atoms with E-state index in [1.165, 1.54) is 6.07 Å². The number of hydrogen-bond donors (Lipinski definition) is 1. The van der Waals surface area contributed by atoms with Crippen LogP contribution in [0.2, 0.25) is 0 Å². The molecule has 3 nitrogen and oxygen atoms in total. The molecule has 1 N–H and O–H groups in total. The Morgan fingerprint density at radius 1 is 1.14 bits per heavy atom. The van der Waals surface area contributed by atoms with Gasteiger partial charge in [0.2, 0.25) is 0 Å². The van der Waals surface area contributed by atoms with Crippen LogP contribution in [0, 0.1) is 12.7 Å². The minimum absolute atomic E-state index is 0.194. The van der Waals surface area contributed by atoms with Crippen molar-refractivity contribution in [3.8, 4) is 5.69 Å². The molecule has 0 fully saturated rings. The summed E-state index contributed by atoms with van der Waals surface area (Å²) in [6, 6.07) is 15.1. The number of nitrogens with one attached hydrogen (secondary N) is 1. The highest BCUT2D eigenvalue weighted by Crippen LogP contribution is 2.15. The first kappa shape index (κ1) is 13.4. The predicted molar refractivity (Wildman–Crippen MR) is 82.0 cm³/mol. The topological polar surface area (TPSA) is 29.9 Å². The van der Waals surface area contributed by atoms with Gasteiger partial charge in [-0.25, -0.2) is 9.07 Å². The molecule has 0 atom stereocenters. The third kappa shape index (κ3) is 3.11. The van der Waals surface area contributed by atoms with E-state index in [2.05, 4.69) is 10.4 Å². The van der Waals surface area contributed by atoms with Gasteiger partial charge in [-0.2, -0.15) is 5.10 Å². The van der Waals surface area contributed by atoms with Crippen LogP contribution in [0.3, 0.4) is 0 Å². The summed E-state index contributed by atoms with van der Waals surface area (Å²) in [4.78, 5) is 0. The summed E-state index contributed by atoms with van der Waals surface area (Å²) >= 11 is 0. The normalized spacial score (nSPS) is 10.6. The molecule has 0 aliphatic heterocycles. The van der Waals surface area contributed by atoms with Crippen molar-refractivity contribution in [1.82, 2.24) is 9.78 Å². The van der Waals surface area contributed by atoms with E-state index in [0.29, 0.717) is 12.1 Å². The number of rotatable bonds is 4. The van der Waals surface area contributed by atoms with Crippen molar-refractivity contribution >= 4 is 5.69 Å². The van der Waals surface area contributed by atoms with E-state index < -0.39 is 0 Å². The van der Waals surface area contributed by atoms with Crippen LogP contribution in [0.1, 0.15) is 11.1 Å². The van der Waals surface area contributed by atoms with Crippen molar-refractivity contribution in [2.75, 3.05) is 5.32 Å². The van der Waals surface area contributed by atoms with Crippen molar-refractivity contribution in [3.63, 3.8) is 0 Å². The van der Waals surface area contributed by atoms with Gasteiger partial charge in [0.05, 0.1) is 11.9 Å². The van der Waals surface area contributed by atoms with Crippen LogP contribution in [0.15, 0.2) is 60.9 Å². The van der Waals surface area contributed by atoms with Crippen molar-refractivity contribution < 1.29 is 4.39 Å². The van der Waals surface area contributed by atoms with Gasteiger partial charge < -0.3 is 5.32 Å². The molecule has 0 radical (unpaired) electrons. The molecule has 3 aromatic rings. The van der Waals surface area contributed by atoms with Crippen LogP contribution >= 0.6 is 0 Å². The summed E-state index contributed by atoms with van der Waals surface area (Å²) in [5, 5.41) is 7.53. The molecule has 2 aromatic carbocycles. The second-order valence-electron chi connectivity index (χ2n) is 4.95. The largest absolute Gasteiger partial charge is 0.381 e. The lowest BCUT2D eigenvalue weighted by molar-refractivity contribution is 0.619. The summed E-state index contributed by atoms with van der Waals surface area (Å²) < 4.78 is 15.3.